The van der Waals surface area contributed by atoms with Crippen molar-refractivity contribution in [2.75, 3.05) is 7.11 Å². The molecule has 1 saturated carbocycles. The maximum absolute atomic E-state index is 9.22. The Kier molecular flexibility index (Phi) is 2.87. The standard InChI is InChI=1S/C8H17NO2/c1-5(9)3-6-4-7(6)8(10)11-2/h5-8,10H,3-4,9H2,1-2H3. The van der Waals surface area contributed by atoms with Crippen LogP contribution in [-0.4, -0.2) is 24.5 Å². The van der Waals surface area contributed by atoms with E-state index >= 15 is 0 Å². The van der Waals surface area contributed by atoms with Crippen molar-refractivity contribution in [1.82, 2.24) is 0 Å². The summed E-state index contributed by atoms with van der Waals surface area (Å²) in [6, 6.07) is 0.244. The number of aliphatic hydroxyl groups excluding tert-OH is 1. The van der Waals surface area contributed by atoms with Crippen LogP contribution >= 0.6 is 0 Å². The van der Waals surface area contributed by atoms with Gasteiger partial charge in [0.1, 0.15) is 0 Å². The number of nitrogens with two attached hydrogens (primary N) is 1. The molecule has 3 nitrogen and oxygen atoms in total. The highest BCUT2D eigenvalue weighted by Crippen LogP contribution is 2.44. The quantitative estimate of drug-likeness (QED) is 0.581. The van der Waals surface area contributed by atoms with Crippen LogP contribution in [0.1, 0.15) is 19.8 Å². The van der Waals surface area contributed by atoms with E-state index in [2.05, 4.69) is 0 Å². The molecule has 1 fully saturated rings. The monoisotopic (exact) mass is 159 g/mol. The van der Waals surface area contributed by atoms with Gasteiger partial charge >= 0.3 is 0 Å². The lowest BCUT2D eigenvalue weighted by atomic mass is 10.1. The molecule has 66 valence electrons. The van der Waals surface area contributed by atoms with Gasteiger partial charge < -0.3 is 15.6 Å². The third kappa shape index (κ3) is 2.43. The molecule has 11 heavy (non-hydrogen) atoms. The van der Waals surface area contributed by atoms with Crippen LogP contribution in [0.5, 0.6) is 0 Å². The summed E-state index contributed by atoms with van der Waals surface area (Å²) < 4.78 is 4.80. The second-order valence-electron chi connectivity index (χ2n) is 3.50. The molecule has 0 saturated heterocycles. The van der Waals surface area contributed by atoms with Crippen molar-refractivity contribution < 1.29 is 9.84 Å². The first-order chi connectivity index (χ1) is 5.15. The predicted molar refractivity (Wildman–Crippen MR) is 42.9 cm³/mol. The Labute approximate surface area is 67.5 Å². The average Bonchev–Trinajstić information content (AvgIpc) is 2.65. The van der Waals surface area contributed by atoms with E-state index in [4.69, 9.17) is 10.5 Å². The lowest BCUT2D eigenvalue weighted by molar-refractivity contribution is -0.0918. The summed E-state index contributed by atoms with van der Waals surface area (Å²) in [4.78, 5) is 0. The van der Waals surface area contributed by atoms with Crippen molar-refractivity contribution in [1.29, 1.82) is 0 Å². The Hall–Kier alpha value is -0.120. The molecule has 3 N–H and O–H groups in total. The van der Waals surface area contributed by atoms with Crippen molar-refractivity contribution in [3.63, 3.8) is 0 Å². The lowest BCUT2D eigenvalue weighted by Crippen LogP contribution is -2.18. The van der Waals surface area contributed by atoms with E-state index in [1.165, 1.54) is 7.11 Å². The van der Waals surface area contributed by atoms with Crippen molar-refractivity contribution in [2.45, 2.75) is 32.1 Å². The smallest absolute Gasteiger partial charge is 0.157 e. The minimum atomic E-state index is -0.571. The van der Waals surface area contributed by atoms with Gasteiger partial charge in [-0.2, -0.15) is 0 Å². The summed E-state index contributed by atoms with van der Waals surface area (Å²) in [5, 5.41) is 9.22. The molecule has 0 aromatic rings. The van der Waals surface area contributed by atoms with Crippen LogP contribution in [0.25, 0.3) is 0 Å². The van der Waals surface area contributed by atoms with Crippen molar-refractivity contribution in [2.24, 2.45) is 17.6 Å². The normalized spacial score (nSPS) is 34.9. The Morgan fingerprint density at radius 3 is 2.82 bits per heavy atom. The molecule has 0 aliphatic heterocycles. The molecule has 1 rings (SSSR count). The highest BCUT2D eigenvalue weighted by atomic mass is 16.6. The summed E-state index contributed by atoms with van der Waals surface area (Å²) in [5.74, 6) is 0.927. The topological polar surface area (TPSA) is 55.5 Å². The molecule has 4 unspecified atom stereocenters. The summed E-state index contributed by atoms with van der Waals surface area (Å²) >= 11 is 0. The molecule has 4 atom stereocenters. The second kappa shape index (κ2) is 3.52. The first-order valence-corrected chi connectivity index (χ1v) is 4.11. The number of methoxy groups -OCH3 is 1. The molecule has 3 heteroatoms. The average molecular weight is 159 g/mol. The van der Waals surface area contributed by atoms with Gasteiger partial charge in [-0.3, -0.25) is 0 Å². The molecule has 0 spiro atoms. The van der Waals surface area contributed by atoms with E-state index in [9.17, 15) is 5.11 Å². The summed E-state index contributed by atoms with van der Waals surface area (Å²) in [7, 11) is 1.53. The number of rotatable bonds is 4. The summed E-state index contributed by atoms with van der Waals surface area (Å²) in [6.07, 6.45) is 1.50. The fourth-order valence-corrected chi connectivity index (χ4v) is 1.54. The Balaban J connectivity index is 2.15. The summed E-state index contributed by atoms with van der Waals surface area (Å²) in [6.45, 7) is 1.99. The Morgan fingerprint density at radius 2 is 2.36 bits per heavy atom. The highest BCUT2D eigenvalue weighted by molar-refractivity contribution is 4.89. The SMILES string of the molecule is COC(O)C1CC1CC(C)N. The number of hydrogen-bond donors (Lipinski definition) is 2. The summed E-state index contributed by atoms with van der Waals surface area (Å²) in [5.41, 5.74) is 5.61. The zero-order valence-corrected chi connectivity index (χ0v) is 7.16. The van der Waals surface area contributed by atoms with Crippen LogP contribution in [0.15, 0.2) is 0 Å². The highest BCUT2D eigenvalue weighted by Gasteiger charge is 2.42. The molecule has 0 radical (unpaired) electrons. The minimum Gasteiger partial charge on any atom is -0.368 e. The zero-order valence-electron chi connectivity index (χ0n) is 7.16. The molecule has 0 aromatic heterocycles. The van der Waals surface area contributed by atoms with Crippen LogP contribution in [0.3, 0.4) is 0 Å². The Morgan fingerprint density at radius 1 is 1.73 bits per heavy atom. The largest absolute Gasteiger partial charge is 0.368 e. The van der Waals surface area contributed by atoms with Gasteiger partial charge in [-0.15, -0.1) is 0 Å². The fourth-order valence-electron chi connectivity index (χ4n) is 1.54. The predicted octanol–water partition coefficient (Wildman–Crippen LogP) is 0.325. The van der Waals surface area contributed by atoms with E-state index in [-0.39, 0.29) is 6.04 Å². The molecule has 0 aromatic carbocycles. The lowest BCUT2D eigenvalue weighted by Gasteiger charge is -2.08. The molecular formula is C8H17NO2. The zero-order chi connectivity index (χ0) is 8.43. The first kappa shape index (κ1) is 8.97. The van der Waals surface area contributed by atoms with Gasteiger partial charge in [-0.05, 0) is 25.7 Å². The molecule has 0 heterocycles. The van der Waals surface area contributed by atoms with E-state index in [0.29, 0.717) is 11.8 Å². The number of ether oxygens (including phenoxy) is 1. The van der Waals surface area contributed by atoms with E-state index in [1.54, 1.807) is 0 Å². The molecule has 0 amide bonds. The van der Waals surface area contributed by atoms with Gasteiger partial charge in [0.25, 0.3) is 0 Å². The maximum Gasteiger partial charge on any atom is 0.157 e. The Bertz CT molecular complexity index is 127. The van der Waals surface area contributed by atoms with Crippen molar-refractivity contribution >= 4 is 0 Å². The van der Waals surface area contributed by atoms with Gasteiger partial charge in [0.05, 0.1) is 0 Å². The fraction of sp³-hybridized carbons (Fsp3) is 1.00. The van der Waals surface area contributed by atoms with E-state index < -0.39 is 6.29 Å². The van der Waals surface area contributed by atoms with Crippen LogP contribution in [-0.2, 0) is 4.74 Å². The molecular weight excluding hydrogens is 142 g/mol. The van der Waals surface area contributed by atoms with Crippen molar-refractivity contribution in [3.05, 3.63) is 0 Å². The van der Waals surface area contributed by atoms with Gasteiger partial charge in [0, 0.05) is 19.1 Å². The van der Waals surface area contributed by atoms with Crippen LogP contribution < -0.4 is 5.73 Å². The van der Waals surface area contributed by atoms with Gasteiger partial charge in [0.2, 0.25) is 0 Å². The minimum absolute atomic E-state index is 0.244. The van der Waals surface area contributed by atoms with Crippen molar-refractivity contribution in [3.8, 4) is 0 Å². The maximum atomic E-state index is 9.22. The third-order valence-electron chi connectivity index (χ3n) is 2.26. The van der Waals surface area contributed by atoms with Gasteiger partial charge in [-0.1, -0.05) is 0 Å². The van der Waals surface area contributed by atoms with Gasteiger partial charge in [-0.25, -0.2) is 0 Å². The van der Waals surface area contributed by atoms with E-state index in [0.717, 1.165) is 12.8 Å². The number of hydrogen-bond acceptors (Lipinski definition) is 3. The molecule has 1 aliphatic carbocycles. The van der Waals surface area contributed by atoms with Crippen LogP contribution in [0.2, 0.25) is 0 Å². The van der Waals surface area contributed by atoms with Crippen LogP contribution in [0, 0.1) is 11.8 Å². The first-order valence-electron chi connectivity index (χ1n) is 4.11. The number of aliphatic hydroxyl groups is 1. The van der Waals surface area contributed by atoms with Gasteiger partial charge in [0.15, 0.2) is 6.29 Å². The van der Waals surface area contributed by atoms with Crippen LogP contribution in [0.4, 0.5) is 0 Å². The van der Waals surface area contributed by atoms with E-state index in [1.807, 2.05) is 6.92 Å². The third-order valence-corrected chi connectivity index (χ3v) is 2.26. The second-order valence-corrected chi connectivity index (χ2v) is 3.50. The molecule has 1 aliphatic rings. The molecule has 0 bridgehead atoms.